The van der Waals surface area contributed by atoms with Crippen LogP contribution >= 0.6 is 0 Å². The fourth-order valence-electron chi connectivity index (χ4n) is 2.77. The Morgan fingerprint density at radius 2 is 1.65 bits per heavy atom. The number of carbonyl (C=O) groups excluding carboxylic acids is 1. The number of hydrogen-bond donors (Lipinski definition) is 1. The van der Waals surface area contributed by atoms with Crippen LogP contribution in [0.3, 0.4) is 0 Å². The van der Waals surface area contributed by atoms with Gasteiger partial charge in [0, 0.05) is 29.2 Å². The van der Waals surface area contributed by atoms with Crippen LogP contribution in [0.4, 0.5) is 17.1 Å². The predicted octanol–water partition coefficient (Wildman–Crippen LogP) is 5.48. The SMILES string of the molecule is CC(C)N(c1ccccc1)c1ccc(NC(=O)/C=C/c2ccco2)cc1. The molecule has 0 saturated heterocycles. The van der Waals surface area contributed by atoms with Gasteiger partial charge in [-0.05, 0) is 68.5 Å². The third kappa shape index (κ3) is 4.42. The van der Waals surface area contributed by atoms with Gasteiger partial charge in [0.2, 0.25) is 5.91 Å². The van der Waals surface area contributed by atoms with Crippen LogP contribution in [0.1, 0.15) is 19.6 Å². The Labute approximate surface area is 153 Å². The number of carbonyl (C=O) groups is 1. The van der Waals surface area contributed by atoms with Gasteiger partial charge in [0.15, 0.2) is 0 Å². The van der Waals surface area contributed by atoms with E-state index in [0.717, 1.165) is 17.1 Å². The molecule has 0 bridgehead atoms. The Morgan fingerprint density at radius 1 is 0.962 bits per heavy atom. The number of para-hydroxylation sites is 1. The van der Waals surface area contributed by atoms with Crippen LogP contribution in [-0.2, 0) is 4.79 Å². The summed E-state index contributed by atoms with van der Waals surface area (Å²) in [5.41, 5.74) is 2.97. The molecule has 1 aromatic heterocycles. The molecule has 4 heteroatoms. The molecule has 0 saturated carbocycles. The van der Waals surface area contributed by atoms with Gasteiger partial charge in [0.25, 0.3) is 0 Å². The second-order valence-corrected chi connectivity index (χ2v) is 6.18. The largest absolute Gasteiger partial charge is 0.465 e. The zero-order valence-corrected chi connectivity index (χ0v) is 14.9. The van der Waals surface area contributed by atoms with Crippen LogP contribution in [0, 0.1) is 0 Å². The van der Waals surface area contributed by atoms with E-state index in [0.29, 0.717) is 11.8 Å². The lowest BCUT2D eigenvalue weighted by Gasteiger charge is -2.29. The molecule has 0 aliphatic carbocycles. The van der Waals surface area contributed by atoms with Gasteiger partial charge in [-0.1, -0.05) is 18.2 Å². The minimum atomic E-state index is -0.196. The van der Waals surface area contributed by atoms with Crippen molar-refractivity contribution >= 4 is 29.0 Å². The highest BCUT2D eigenvalue weighted by Crippen LogP contribution is 2.28. The zero-order valence-electron chi connectivity index (χ0n) is 14.9. The molecule has 1 heterocycles. The minimum absolute atomic E-state index is 0.196. The maximum Gasteiger partial charge on any atom is 0.248 e. The van der Waals surface area contributed by atoms with Crippen LogP contribution in [-0.4, -0.2) is 11.9 Å². The molecule has 1 N–H and O–H groups in total. The van der Waals surface area contributed by atoms with Gasteiger partial charge >= 0.3 is 0 Å². The van der Waals surface area contributed by atoms with E-state index in [1.54, 1.807) is 24.5 Å². The van der Waals surface area contributed by atoms with E-state index in [4.69, 9.17) is 4.42 Å². The summed E-state index contributed by atoms with van der Waals surface area (Å²) in [5, 5.41) is 2.85. The van der Waals surface area contributed by atoms with Crippen molar-refractivity contribution in [3.05, 3.63) is 84.8 Å². The summed E-state index contributed by atoms with van der Waals surface area (Å²) in [6, 6.07) is 22.0. The van der Waals surface area contributed by atoms with Crippen molar-refractivity contribution in [1.82, 2.24) is 0 Å². The van der Waals surface area contributed by atoms with E-state index in [-0.39, 0.29) is 5.91 Å². The maximum absolute atomic E-state index is 12.0. The van der Waals surface area contributed by atoms with Crippen molar-refractivity contribution < 1.29 is 9.21 Å². The van der Waals surface area contributed by atoms with Crippen LogP contribution in [0.25, 0.3) is 6.08 Å². The first kappa shape index (κ1) is 17.5. The van der Waals surface area contributed by atoms with Crippen molar-refractivity contribution in [2.75, 3.05) is 10.2 Å². The molecule has 1 amide bonds. The molecular weight excluding hydrogens is 324 g/mol. The number of hydrogen-bond acceptors (Lipinski definition) is 3. The Kier molecular flexibility index (Phi) is 5.54. The van der Waals surface area contributed by atoms with Gasteiger partial charge in [-0.2, -0.15) is 0 Å². The highest BCUT2D eigenvalue weighted by atomic mass is 16.3. The monoisotopic (exact) mass is 346 g/mol. The van der Waals surface area contributed by atoms with Crippen LogP contribution in [0.15, 0.2) is 83.5 Å². The van der Waals surface area contributed by atoms with Gasteiger partial charge in [-0.25, -0.2) is 0 Å². The lowest BCUT2D eigenvalue weighted by atomic mass is 10.2. The van der Waals surface area contributed by atoms with Crippen LogP contribution < -0.4 is 10.2 Å². The summed E-state index contributed by atoms with van der Waals surface area (Å²) >= 11 is 0. The number of rotatable bonds is 6. The first-order valence-corrected chi connectivity index (χ1v) is 8.60. The second-order valence-electron chi connectivity index (χ2n) is 6.18. The highest BCUT2D eigenvalue weighted by molar-refractivity contribution is 6.01. The highest BCUT2D eigenvalue weighted by Gasteiger charge is 2.12. The van der Waals surface area contributed by atoms with Crippen LogP contribution in [0.5, 0.6) is 0 Å². The van der Waals surface area contributed by atoms with Crippen molar-refractivity contribution in [1.29, 1.82) is 0 Å². The molecule has 0 fully saturated rings. The Hall–Kier alpha value is -3.27. The molecule has 26 heavy (non-hydrogen) atoms. The summed E-state index contributed by atoms with van der Waals surface area (Å²) in [5.74, 6) is 0.448. The van der Waals surface area contributed by atoms with Crippen molar-refractivity contribution in [3.63, 3.8) is 0 Å². The van der Waals surface area contributed by atoms with E-state index < -0.39 is 0 Å². The fraction of sp³-hybridized carbons (Fsp3) is 0.136. The molecule has 4 nitrogen and oxygen atoms in total. The molecular formula is C22H22N2O2. The van der Waals surface area contributed by atoms with Gasteiger partial charge in [-0.3, -0.25) is 4.79 Å². The lowest BCUT2D eigenvalue weighted by molar-refractivity contribution is -0.111. The van der Waals surface area contributed by atoms with Crippen molar-refractivity contribution in [3.8, 4) is 0 Å². The van der Waals surface area contributed by atoms with Gasteiger partial charge in [0.05, 0.1) is 6.26 Å². The number of amides is 1. The van der Waals surface area contributed by atoms with Gasteiger partial charge in [-0.15, -0.1) is 0 Å². The van der Waals surface area contributed by atoms with E-state index in [2.05, 4.69) is 36.2 Å². The normalized spacial score (nSPS) is 11.0. The van der Waals surface area contributed by atoms with E-state index >= 15 is 0 Å². The summed E-state index contributed by atoms with van der Waals surface area (Å²) in [6.07, 6.45) is 4.67. The smallest absolute Gasteiger partial charge is 0.248 e. The lowest BCUT2D eigenvalue weighted by Crippen LogP contribution is -2.25. The Bertz CT molecular complexity index is 851. The molecule has 0 spiro atoms. The van der Waals surface area contributed by atoms with Crippen molar-refractivity contribution in [2.24, 2.45) is 0 Å². The van der Waals surface area contributed by atoms with Crippen LogP contribution in [0.2, 0.25) is 0 Å². The summed E-state index contributed by atoms with van der Waals surface area (Å²) in [7, 11) is 0. The fourth-order valence-corrected chi connectivity index (χ4v) is 2.77. The average molecular weight is 346 g/mol. The number of benzene rings is 2. The summed E-state index contributed by atoms with van der Waals surface area (Å²) in [4.78, 5) is 14.3. The average Bonchev–Trinajstić information content (AvgIpc) is 3.16. The zero-order chi connectivity index (χ0) is 18.4. The molecule has 0 radical (unpaired) electrons. The Balaban J connectivity index is 1.70. The summed E-state index contributed by atoms with van der Waals surface area (Å²) in [6.45, 7) is 4.31. The Morgan fingerprint density at radius 3 is 2.27 bits per heavy atom. The molecule has 0 atom stereocenters. The first-order chi connectivity index (χ1) is 12.6. The number of anilines is 3. The molecule has 3 aromatic rings. The van der Waals surface area contributed by atoms with E-state index in [1.165, 1.54) is 6.08 Å². The summed E-state index contributed by atoms with van der Waals surface area (Å²) < 4.78 is 5.17. The topological polar surface area (TPSA) is 45.5 Å². The minimum Gasteiger partial charge on any atom is -0.465 e. The number of furan rings is 1. The quantitative estimate of drug-likeness (QED) is 0.601. The molecule has 132 valence electrons. The third-order valence-corrected chi connectivity index (χ3v) is 3.91. The van der Waals surface area contributed by atoms with Gasteiger partial charge in [0.1, 0.15) is 5.76 Å². The first-order valence-electron chi connectivity index (χ1n) is 8.60. The number of nitrogens with zero attached hydrogens (tertiary/aromatic N) is 1. The molecule has 3 rings (SSSR count). The second kappa shape index (κ2) is 8.21. The molecule has 0 aliphatic rings. The maximum atomic E-state index is 12.0. The standard InChI is InChI=1S/C22H22N2O2/c1-17(2)24(19-7-4-3-5-8-19)20-12-10-18(11-13-20)23-22(25)15-14-21-9-6-16-26-21/h3-17H,1-2H3,(H,23,25)/b15-14+. The van der Waals surface area contributed by atoms with Crippen molar-refractivity contribution in [2.45, 2.75) is 19.9 Å². The van der Waals surface area contributed by atoms with E-state index in [1.807, 2.05) is 42.5 Å². The number of nitrogens with one attached hydrogen (secondary N) is 1. The van der Waals surface area contributed by atoms with Gasteiger partial charge < -0.3 is 14.6 Å². The molecule has 0 unspecified atom stereocenters. The third-order valence-electron chi connectivity index (χ3n) is 3.91. The molecule has 0 aliphatic heterocycles. The predicted molar refractivity (Wildman–Crippen MR) is 107 cm³/mol. The molecule has 2 aromatic carbocycles. The van der Waals surface area contributed by atoms with E-state index in [9.17, 15) is 4.79 Å².